The Morgan fingerprint density at radius 1 is 0.892 bits per heavy atom. The van der Waals surface area contributed by atoms with Crippen molar-refractivity contribution < 1.29 is 13.5 Å². The molecule has 0 unspecified atom stereocenters. The molecule has 186 valence electrons. The van der Waals surface area contributed by atoms with Crippen molar-refractivity contribution in [2.75, 3.05) is 0 Å². The molecule has 0 radical (unpaired) electrons. The number of nitrogens with zero attached hydrogens (tertiary/aromatic N) is 2. The summed E-state index contributed by atoms with van der Waals surface area (Å²) in [6.45, 7) is 2.20. The molecule has 0 bridgehead atoms. The first-order chi connectivity index (χ1) is 18.1. The van der Waals surface area contributed by atoms with Crippen LogP contribution in [0.25, 0.3) is 22.2 Å². The van der Waals surface area contributed by atoms with E-state index in [1.54, 1.807) is 12.3 Å². The highest BCUT2D eigenvalue weighted by atomic mass is 19.1. The summed E-state index contributed by atoms with van der Waals surface area (Å²) >= 11 is 0. The van der Waals surface area contributed by atoms with Crippen LogP contribution in [0.5, 0.6) is 5.75 Å². The molecule has 3 aromatic carbocycles. The number of aromatic nitrogens is 2. The van der Waals surface area contributed by atoms with E-state index >= 15 is 0 Å². The monoisotopic (exact) mass is 492 g/mol. The third kappa shape index (κ3) is 4.62. The highest BCUT2D eigenvalue weighted by molar-refractivity contribution is 5.78. The minimum Gasteiger partial charge on any atom is -0.487 e. The smallest absolute Gasteiger partial charge is 0.191 e. The Labute approximate surface area is 216 Å². The molecule has 0 atom stereocenters. The number of aryl methyl sites for hydroxylation is 1. The molecule has 0 amide bonds. The van der Waals surface area contributed by atoms with Crippen molar-refractivity contribution in [1.29, 1.82) is 0 Å². The van der Waals surface area contributed by atoms with E-state index < -0.39 is 0 Å². The number of fused-ring (bicyclic) bond motifs is 1. The number of oxazole rings is 1. The van der Waals surface area contributed by atoms with Gasteiger partial charge in [-0.3, -0.25) is 0 Å². The van der Waals surface area contributed by atoms with Gasteiger partial charge in [-0.2, -0.15) is 0 Å². The number of pyridine rings is 1. The van der Waals surface area contributed by atoms with Gasteiger partial charge in [-0.05, 0) is 66.4 Å². The molecular formula is C32H29FN2O2. The molecule has 5 heteroatoms. The van der Waals surface area contributed by atoms with Crippen LogP contribution < -0.4 is 4.74 Å². The lowest BCUT2D eigenvalue weighted by atomic mass is 9.64. The SMILES string of the molecule is Cc1nc(-c2ccc(OCc3ccc4cc(F)ccc4n3)cc2C2(c3ccccc3)CCCCC2)co1. The Morgan fingerprint density at radius 2 is 1.73 bits per heavy atom. The molecule has 0 aliphatic heterocycles. The topological polar surface area (TPSA) is 48.2 Å². The minimum atomic E-state index is -0.261. The van der Waals surface area contributed by atoms with Crippen molar-refractivity contribution in [3.8, 4) is 17.0 Å². The van der Waals surface area contributed by atoms with Crippen molar-refractivity contribution in [1.82, 2.24) is 9.97 Å². The van der Waals surface area contributed by atoms with E-state index in [2.05, 4.69) is 52.4 Å². The third-order valence-corrected chi connectivity index (χ3v) is 7.53. The molecule has 2 aromatic heterocycles. The molecule has 0 N–H and O–H groups in total. The number of rotatable bonds is 6. The van der Waals surface area contributed by atoms with Gasteiger partial charge in [-0.1, -0.05) is 55.7 Å². The summed E-state index contributed by atoms with van der Waals surface area (Å²) in [7, 11) is 0. The first-order valence-corrected chi connectivity index (χ1v) is 12.9. The summed E-state index contributed by atoms with van der Waals surface area (Å²) in [5, 5.41) is 0.778. The largest absolute Gasteiger partial charge is 0.487 e. The van der Waals surface area contributed by atoms with Gasteiger partial charge >= 0.3 is 0 Å². The lowest BCUT2D eigenvalue weighted by molar-refractivity contribution is 0.298. The molecule has 0 saturated heterocycles. The van der Waals surface area contributed by atoms with Gasteiger partial charge in [0.1, 0.15) is 30.1 Å². The average Bonchev–Trinajstić information content (AvgIpc) is 3.38. The maximum absolute atomic E-state index is 13.5. The highest BCUT2D eigenvalue weighted by Gasteiger charge is 2.38. The van der Waals surface area contributed by atoms with Crippen molar-refractivity contribution in [3.63, 3.8) is 0 Å². The zero-order valence-electron chi connectivity index (χ0n) is 20.9. The van der Waals surface area contributed by atoms with E-state index in [-0.39, 0.29) is 11.2 Å². The normalized spacial score (nSPS) is 15.1. The Kier molecular flexibility index (Phi) is 6.21. The predicted molar refractivity (Wildman–Crippen MR) is 143 cm³/mol. The molecule has 0 spiro atoms. The van der Waals surface area contributed by atoms with E-state index in [1.807, 2.05) is 25.1 Å². The number of hydrogen-bond donors (Lipinski definition) is 0. The zero-order valence-corrected chi connectivity index (χ0v) is 20.9. The summed E-state index contributed by atoms with van der Waals surface area (Å²) in [4.78, 5) is 9.33. The number of benzene rings is 3. The summed E-state index contributed by atoms with van der Waals surface area (Å²) in [6, 6.07) is 25.5. The van der Waals surface area contributed by atoms with Crippen molar-refractivity contribution >= 4 is 10.9 Å². The minimum absolute atomic E-state index is 0.119. The number of halogens is 1. The zero-order chi connectivity index (χ0) is 25.2. The van der Waals surface area contributed by atoms with Crippen LogP contribution in [0.15, 0.2) is 89.5 Å². The molecule has 1 saturated carbocycles. The van der Waals surface area contributed by atoms with Gasteiger partial charge in [0.25, 0.3) is 0 Å². The summed E-state index contributed by atoms with van der Waals surface area (Å²) in [5.41, 5.74) is 5.93. The highest BCUT2D eigenvalue weighted by Crippen LogP contribution is 2.48. The summed E-state index contributed by atoms with van der Waals surface area (Å²) in [6.07, 6.45) is 7.51. The lowest BCUT2D eigenvalue weighted by Crippen LogP contribution is -2.31. The van der Waals surface area contributed by atoms with Crippen LogP contribution in [0.2, 0.25) is 0 Å². The van der Waals surface area contributed by atoms with Crippen LogP contribution in [-0.2, 0) is 12.0 Å². The van der Waals surface area contributed by atoms with E-state index in [1.165, 1.54) is 42.5 Å². The average molecular weight is 493 g/mol. The second-order valence-corrected chi connectivity index (χ2v) is 9.90. The maximum atomic E-state index is 13.5. The van der Waals surface area contributed by atoms with Crippen LogP contribution in [0.4, 0.5) is 4.39 Å². The molecule has 1 aliphatic rings. The van der Waals surface area contributed by atoms with Gasteiger partial charge in [-0.15, -0.1) is 0 Å². The maximum Gasteiger partial charge on any atom is 0.191 e. The molecule has 37 heavy (non-hydrogen) atoms. The second kappa shape index (κ2) is 9.81. The first kappa shape index (κ1) is 23.4. The molecular weight excluding hydrogens is 463 g/mol. The van der Waals surface area contributed by atoms with Gasteiger partial charge < -0.3 is 9.15 Å². The molecule has 5 aromatic rings. The van der Waals surface area contributed by atoms with Crippen LogP contribution in [0, 0.1) is 12.7 Å². The van der Waals surface area contributed by atoms with Crippen molar-refractivity contribution in [3.05, 3.63) is 114 Å². The van der Waals surface area contributed by atoms with E-state index in [0.717, 1.165) is 46.4 Å². The molecule has 1 fully saturated rings. The fraction of sp³-hybridized carbons (Fsp3) is 0.250. The number of ether oxygens (including phenoxy) is 1. The quantitative estimate of drug-likeness (QED) is 0.240. The molecule has 2 heterocycles. The fourth-order valence-corrected chi connectivity index (χ4v) is 5.72. The van der Waals surface area contributed by atoms with Crippen LogP contribution in [0.3, 0.4) is 0 Å². The van der Waals surface area contributed by atoms with E-state index in [9.17, 15) is 4.39 Å². The van der Waals surface area contributed by atoms with Gasteiger partial charge in [0.15, 0.2) is 5.89 Å². The van der Waals surface area contributed by atoms with Crippen LogP contribution in [0.1, 0.15) is 54.8 Å². The Morgan fingerprint density at radius 3 is 2.51 bits per heavy atom. The summed E-state index contributed by atoms with van der Waals surface area (Å²) < 4.78 is 25.4. The predicted octanol–water partition coefficient (Wildman–Crippen LogP) is 8.17. The molecule has 1 aliphatic carbocycles. The van der Waals surface area contributed by atoms with E-state index in [0.29, 0.717) is 12.5 Å². The fourth-order valence-electron chi connectivity index (χ4n) is 5.72. The standard InChI is InChI=1S/C32H29FN2O2/c1-22-34-31(21-36-22)28-14-13-27(37-20-26-12-10-23-18-25(33)11-15-30(23)35-26)19-29(28)32(16-6-3-7-17-32)24-8-4-2-5-9-24/h2,4-5,8-15,18-19,21H,3,6-7,16-17,20H2,1H3. The van der Waals surface area contributed by atoms with Crippen LogP contribution in [-0.4, -0.2) is 9.97 Å². The first-order valence-electron chi connectivity index (χ1n) is 12.9. The van der Waals surface area contributed by atoms with Gasteiger partial charge in [0.05, 0.1) is 11.2 Å². The van der Waals surface area contributed by atoms with E-state index in [4.69, 9.17) is 9.15 Å². The Bertz CT molecular complexity index is 1540. The number of hydrogen-bond acceptors (Lipinski definition) is 4. The van der Waals surface area contributed by atoms with Crippen molar-refractivity contribution in [2.45, 2.75) is 51.0 Å². The summed E-state index contributed by atoms with van der Waals surface area (Å²) in [5.74, 6) is 1.19. The Hall–Kier alpha value is -3.99. The molecule has 4 nitrogen and oxygen atoms in total. The molecule has 6 rings (SSSR count). The van der Waals surface area contributed by atoms with Gasteiger partial charge in [0.2, 0.25) is 0 Å². The van der Waals surface area contributed by atoms with Gasteiger partial charge in [0, 0.05) is 23.3 Å². The van der Waals surface area contributed by atoms with Gasteiger partial charge in [-0.25, -0.2) is 14.4 Å². The lowest BCUT2D eigenvalue weighted by Gasteiger charge is -2.40. The third-order valence-electron chi connectivity index (χ3n) is 7.53. The second-order valence-electron chi connectivity index (χ2n) is 9.90. The van der Waals surface area contributed by atoms with Crippen LogP contribution >= 0.6 is 0 Å². The van der Waals surface area contributed by atoms with Crippen molar-refractivity contribution in [2.24, 2.45) is 0 Å². The Balaban J connectivity index is 1.39.